The van der Waals surface area contributed by atoms with E-state index >= 15 is 0 Å². The maximum absolute atomic E-state index is 12.4. The first-order valence-electron chi connectivity index (χ1n) is 10.8. The molecule has 2 aromatic carbocycles. The van der Waals surface area contributed by atoms with Gasteiger partial charge in [-0.15, -0.1) is 0 Å². The van der Waals surface area contributed by atoms with Crippen LogP contribution in [0.4, 0.5) is 4.79 Å². The molecular formula is C23H27N3O7S. The van der Waals surface area contributed by atoms with Crippen LogP contribution in [0.5, 0.6) is 0 Å². The molecule has 0 fully saturated rings. The highest BCUT2D eigenvalue weighted by Crippen LogP contribution is 2.44. The number of carbonyl (C=O) groups is 3. The second-order valence-corrected chi connectivity index (χ2v) is 9.72. The summed E-state index contributed by atoms with van der Waals surface area (Å²) in [6.45, 7) is 0.131. The number of nitrogens with one attached hydrogen (secondary N) is 2. The predicted octanol–water partition coefficient (Wildman–Crippen LogP) is 1.55. The first-order valence-corrected chi connectivity index (χ1v) is 12.5. The third kappa shape index (κ3) is 6.78. The van der Waals surface area contributed by atoms with Gasteiger partial charge in [0.25, 0.3) is 0 Å². The molecule has 0 aromatic heterocycles. The lowest BCUT2D eigenvalue weighted by atomic mass is 9.98. The number of alkyl carbamates (subject to hydrolysis) is 1. The van der Waals surface area contributed by atoms with Crippen molar-refractivity contribution in [1.82, 2.24) is 10.6 Å². The molecule has 182 valence electrons. The third-order valence-corrected chi connectivity index (χ3v) is 6.34. The molecule has 0 saturated carbocycles. The van der Waals surface area contributed by atoms with Crippen molar-refractivity contribution in [2.24, 2.45) is 5.14 Å². The maximum atomic E-state index is 12.4. The van der Waals surface area contributed by atoms with Crippen molar-refractivity contribution in [3.63, 3.8) is 0 Å². The molecule has 1 unspecified atom stereocenters. The molecule has 2 aromatic rings. The van der Waals surface area contributed by atoms with Crippen molar-refractivity contribution in [2.75, 3.05) is 18.9 Å². The second kappa shape index (κ2) is 11.1. The number of aliphatic carboxylic acids is 1. The molecule has 0 aliphatic heterocycles. The number of nitrogens with two attached hydrogens (primary N) is 1. The minimum atomic E-state index is -3.59. The SMILES string of the molecule is NS(=O)(=O)CCCCNC(=O)C(CC(=O)O)NC(=O)OCC1c2ccccc2-c2ccccc21. The Bertz CT molecular complexity index is 1120. The van der Waals surface area contributed by atoms with E-state index in [1.54, 1.807) is 0 Å². The summed E-state index contributed by atoms with van der Waals surface area (Å²) < 4.78 is 27.3. The lowest BCUT2D eigenvalue weighted by Crippen LogP contribution is -2.48. The summed E-state index contributed by atoms with van der Waals surface area (Å²) in [5.41, 5.74) is 4.18. The van der Waals surface area contributed by atoms with Gasteiger partial charge in [0.15, 0.2) is 0 Å². The quantitative estimate of drug-likeness (QED) is 0.348. The molecule has 5 N–H and O–H groups in total. The molecule has 0 spiro atoms. The fourth-order valence-electron chi connectivity index (χ4n) is 3.93. The summed E-state index contributed by atoms with van der Waals surface area (Å²) in [6, 6.07) is 14.3. The molecular weight excluding hydrogens is 462 g/mol. The Kier molecular flexibility index (Phi) is 8.24. The summed E-state index contributed by atoms with van der Waals surface area (Å²) >= 11 is 0. The standard InChI is InChI=1S/C23H27N3O7S/c24-34(31,32)12-6-5-11-25-22(29)20(13-21(27)28)26-23(30)33-14-19-17-9-3-1-7-15(17)16-8-2-4-10-18(16)19/h1-4,7-10,19-20H,5-6,11-14H2,(H,25,29)(H,26,30)(H,27,28)(H2,24,31,32). The lowest BCUT2D eigenvalue weighted by molar-refractivity contribution is -0.139. The number of carboxylic acids is 1. The molecule has 0 saturated heterocycles. The van der Waals surface area contributed by atoms with Crippen molar-refractivity contribution in [3.05, 3.63) is 59.7 Å². The molecule has 0 bridgehead atoms. The molecule has 10 nitrogen and oxygen atoms in total. The van der Waals surface area contributed by atoms with E-state index in [1.165, 1.54) is 0 Å². The summed E-state index contributed by atoms with van der Waals surface area (Å²) in [7, 11) is -3.59. The van der Waals surface area contributed by atoms with E-state index in [0.29, 0.717) is 6.42 Å². The van der Waals surface area contributed by atoms with Crippen molar-refractivity contribution in [2.45, 2.75) is 31.2 Å². The van der Waals surface area contributed by atoms with Crippen LogP contribution in [0.1, 0.15) is 36.3 Å². The van der Waals surface area contributed by atoms with E-state index in [0.717, 1.165) is 22.3 Å². The molecule has 1 aliphatic rings. The van der Waals surface area contributed by atoms with E-state index in [-0.39, 0.29) is 31.2 Å². The number of carbonyl (C=O) groups excluding carboxylic acids is 2. The van der Waals surface area contributed by atoms with Crippen LogP contribution in [0.2, 0.25) is 0 Å². The topological polar surface area (TPSA) is 165 Å². The highest BCUT2D eigenvalue weighted by atomic mass is 32.2. The number of amides is 2. The van der Waals surface area contributed by atoms with Gasteiger partial charge in [-0.3, -0.25) is 9.59 Å². The van der Waals surface area contributed by atoms with E-state index in [1.807, 2.05) is 48.5 Å². The first kappa shape index (κ1) is 25.2. The number of unbranched alkanes of at least 4 members (excludes halogenated alkanes) is 1. The van der Waals surface area contributed by atoms with Crippen LogP contribution >= 0.6 is 0 Å². The Morgan fingerprint density at radius 1 is 1.00 bits per heavy atom. The number of sulfonamides is 1. The average Bonchev–Trinajstić information content (AvgIpc) is 3.09. The Morgan fingerprint density at radius 2 is 1.59 bits per heavy atom. The Hall–Kier alpha value is -3.44. The van der Waals surface area contributed by atoms with Crippen LogP contribution < -0.4 is 15.8 Å². The summed E-state index contributed by atoms with van der Waals surface area (Å²) in [5.74, 6) is -2.37. The van der Waals surface area contributed by atoms with E-state index in [4.69, 9.17) is 15.0 Å². The van der Waals surface area contributed by atoms with Gasteiger partial charge in [0.2, 0.25) is 15.9 Å². The minimum Gasteiger partial charge on any atom is -0.481 e. The zero-order chi connectivity index (χ0) is 24.7. The monoisotopic (exact) mass is 489 g/mol. The molecule has 2 amide bonds. The van der Waals surface area contributed by atoms with Crippen LogP contribution in [0.15, 0.2) is 48.5 Å². The molecule has 1 aliphatic carbocycles. The molecule has 11 heteroatoms. The number of ether oxygens (including phenoxy) is 1. The molecule has 0 heterocycles. The summed E-state index contributed by atoms with van der Waals surface area (Å²) in [6.07, 6.45) is -0.972. The van der Waals surface area contributed by atoms with Crippen molar-refractivity contribution < 1.29 is 32.6 Å². The van der Waals surface area contributed by atoms with E-state index in [2.05, 4.69) is 10.6 Å². The van der Waals surface area contributed by atoms with Gasteiger partial charge in [-0.2, -0.15) is 0 Å². The van der Waals surface area contributed by atoms with Crippen molar-refractivity contribution in [3.8, 4) is 11.1 Å². The molecule has 34 heavy (non-hydrogen) atoms. The van der Waals surface area contributed by atoms with Gasteiger partial charge in [0.1, 0.15) is 12.6 Å². The van der Waals surface area contributed by atoms with Crippen LogP contribution in [-0.4, -0.2) is 56.4 Å². The number of carboxylic acid groups (broad SMARTS) is 1. The Balaban J connectivity index is 1.56. The van der Waals surface area contributed by atoms with Crippen LogP contribution in [0.25, 0.3) is 11.1 Å². The summed E-state index contributed by atoms with van der Waals surface area (Å²) in [5, 5.41) is 18.8. The number of primary sulfonamides is 1. The highest BCUT2D eigenvalue weighted by Gasteiger charge is 2.30. The number of benzene rings is 2. The van der Waals surface area contributed by atoms with Crippen LogP contribution in [0, 0.1) is 0 Å². The van der Waals surface area contributed by atoms with Gasteiger partial charge in [0.05, 0.1) is 12.2 Å². The van der Waals surface area contributed by atoms with Crippen LogP contribution in [0.3, 0.4) is 0 Å². The fraction of sp³-hybridized carbons (Fsp3) is 0.348. The molecule has 1 atom stereocenters. The van der Waals surface area contributed by atoms with Crippen molar-refractivity contribution >= 4 is 28.0 Å². The number of hydrogen-bond donors (Lipinski definition) is 4. The van der Waals surface area contributed by atoms with Gasteiger partial charge in [-0.25, -0.2) is 18.4 Å². The number of rotatable bonds is 11. The van der Waals surface area contributed by atoms with Gasteiger partial charge in [0, 0.05) is 12.5 Å². The zero-order valence-electron chi connectivity index (χ0n) is 18.4. The number of fused-ring (bicyclic) bond motifs is 3. The second-order valence-electron chi connectivity index (χ2n) is 7.99. The minimum absolute atomic E-state index is 0.0227. The van der Waals surface area contributed by atoms with Gasteiger partial charge >= 0.3 is 12.1 Å². The normalized spacial score (nSPS) is 13.4. The first-order chi connectivity index (χ1) is 16.2. The maximum Gasteiger partial charge on any atom is 0.407 e. The molecule has 3 rings (SSSR count). The van der Waals surface area contributed by atoms with E-state index in [9.17, 15) is 22.8 Å². The van der Waals surface area contributed by atoms with Crippen LogP contribution in [-0.2, 0) is 24.3 Å². The lowest BCUT2D eigenvalue weighted by Gasteiger charge is -2.18. The Labute approximate surface area is 197 Å². The average molecular weight is 490 g/mol. The van der Waals surface area contributed by atoms with E-state index < -0.39 is 40.5 Å². The Morgan fingerprint density at radius 3 is 2.15 bits per heavy atom. The predicted molar refractivity (Wildman–Crippen MR) is 124 cm³/mol. The largest absolute Gasteiger partial charge is 0.481 e. The molecule has 0 radical (unpaired) electrons. The number of hydrogen-bond acceptors (Lipinski definition) is 6. The van der Waals surface area contributed by atoms with Gasteiger partial charge in [-0.05, 0) is 35.1 Å². The smallest absolute Gasteiger partial charge is 0.407 e. The van der Waals surface area contributed by atoms with Gasteiger partial charge in [-0.1, -0.05) is 48.5 Å². The fourth-order valence-corrected chi connectivity index (χ4v) is 4.54. The summed E-state index contributed by atoms with van der Waals surface area (Å²) in [4.78, 5) is 36.0. The van der Waals surface area contributed by atoms with Crippen molar-refractivity contribution in [1.29, 1.82) is 0 Å². The zero-order valence-corrected chi connectivity index (χ0v) is 19.2. The third-order valence-electron chi connectivity index (χ3n) is 5.49. The van der Waals surface area contributed by atoms with Gasteiger partial charge < -0.3 is 20.5 Å². The highest BCUT2D eigenvalue weighted by molar-refractivity contribution is 7.89.